The second kappa shape index (κ2) is 9.42. The lowest BCUT2D eigenvalue weighted by Crippen LogP contribution is -2.46. The number of carbonyl (C=O) groups is 2. The number of rotatable bonds is 9. The van der Waals surface area contributed by atoms with Crippen LogP contribution >= 0.6 is 0 Å². The van der Waals surface area contributed by atoms with Crippen LogP contribution in [-0.4, -0.2) is 49.1 Å². The largest absolute Gasteiger partial charge is 0.490 e. The van der Waals surface area contributed by atoms with Crippen molar-refractivity contribution in [1.82, 2.24) is 4.90 Å². The summed E-state index contributed by atoms with van der Waals surface area (Å²) in [5.41, 5.74) is 1.30. The minimum atomic E-state index is -2.96. The summed E-state index contributed by atoms with van der Waals surface area (Å²) in [6.45, 7) is -0.863. The lowest BCUT2D eigenvalue weighted by Gasteiger charge is -2.31. The fraction of sp³-hybridized carbons (Fsp3) is 0.391. The van der Waals surface area contributed by atoms with Crippen LogP contribution in [0.1, 0.15) is 25.3 Å². The molecule has 2 aromatic rings. The molecule has 0 N–H and O–H groups in total. The molecule has 2 amide bonds. The first-order valence-electron chi connectivity index (χ1n) is 10.5. The van der Waals surface area contributed by atoms with Crippen molar-refractivity contribution >= 4 is 17.5 Å². The molecule has 1 aliphatic heterocycles. The topological polar surface area (TPSA) is 68.3 Å². The van der Waals surface area contributed by atoms with Gasteiger partial charge in [0.2, 0.25) is 5.91 Å². The fourth-order valence-electron chi connectivity index (χ4n) is 3.67. The molecule has 0 atom stereocenters. The van der Waals surface area contributed by atoms with Gasteiger partial charge in [-0.15, -0.1) is 0 Å². The third-order valence-corrected chi connectivity index (χ3v) is 5.29. The quantitative estimate of drug-likeness (QED) is 0.589. The summed E-state index contributed by atoms with van der Waals surface area (Å²) in [6.07, 6.45) is 1.76. The molecule has 2 aromatic carbocycles. The number of hydrogen-bond donors (Lipinski definition) is 0. The molecule has 0 aromatic heterocycles. The van der Waals surface area contributed by atoms with Crippen molar-refractivity contribution in [2.24, 2.45) is 0 Å². The van der Waals surface area contributed by atoms with E-state index in [0.29, 0.717) is 11.4 Å². The summed E-state index contributed by atoms with van der Waals surface area (Å²) in [4.78, 5) is 28.8. The Morgan fingerprint density at radius 2 is 2.00 bits per heavy atom. The molecule has 7 nitrogen and oxygen atoms in total. The Balaban J connectivity index is 1.52. The number of nitrogens with zero attached hydrogens (tertiary/aromatic N) is 2. The summed E-state index contributed by atoms with van der Waals surface area (Å²) in [5, 5.41) is 0. The Morgan fingerprint density at radius 1 is 1.22 bits per heavy atom. The average Bonchev–Trinajstić information content (AvgIpc) is 3.61. The first-order valence-corrected chi connectivity index (χ1v) is 10.5. The summed E-state index contributed by atoms with van der Waals surface area (Å²) in [6, 6.07) is 11.9. The Hall–Kier alpha value is -3.36. The van der Waals surface area contributed by atoms with Gasteiger partial charge in [-0.3, -0.25) is 14.5 Å². The van der Waals surface area contributed by atoms with Gasteiger partial charge in [0.25, 0.3) is 5.91 Å². The molecule has 32 heavy (non-hydrogen) atoms. The van der Waals surface area contributed by atoms with Crippen molar-refractivity contribution in [3.63, 3.8) is 0 Å². The maximum Gasteiger partial charge on any atom is 0.387 e. The van der Waals surface area contributed by atoms with Crippen LogP contribution in [0.15, 0.2) is 42.5 Å². The zero-order chi connectivity index (χ0) is 22.7. The Kier molecular flexibility index (Phi) is 6.43. The van der Waals surface area contributed by atoms with Gasteiger partial charge in [0.05, 0.1) is 12.3 Å². The van der Waals surface area contributed by atoms with Gasteiger partial charge in [-0.05, 0) is 49.6 Å². The third-order valence-electron chi connectivity index (χ3n) is 5.29. The standard InChI is InChI=1S/C23H24F2N2O5/c1-2-30-20-11-15(7-10-19(20)32-23(24)25)12-26(16-8-9-16)21(28)13-27-17-5-3-4-6-18(17)31-14-22(27)29/h3-7,10-11,16,23H,2,8-9,12-14H2,1H3. The molecule has 0 saturated heterocycles. The number of hydrogen-bond acceptors (Lipinski definition) is 5. The van der Waals surface area contributed by atoms with Gasteiger partial charge >= 0.3 is 6.61 Å². The summed E-state index contributed by atoms with van der Waals surface area (Å²) in [7, 11) is 0. The second-order valence-corrected chi connectivity index (χ2v) is 7.58. The maximum absolute atomic E-state index is 13.2. The van der Waals surface area contributed by atoms with E-state index in [4.69, 9.17) is 9.47 Å². The smallest absolute Gasteiger partial charge is 0.387 e. The molecule has 0 spiro atoms. The molecule has 1 fully saturated rings. The molecule has 4 rings (SSSR count). The van der Waals surface area contributed by atoms with Crippen LogP contribution in [0.3, 0.4) is 0 Å². The number of anilines is 1. The summed E-state index contributed by atoms with van der Waals surface area (Å²) < 4.78 is 40.7. The highest BCUT2D eigenvalue weighted by molar-refractivity contribution is 6.02. The Bertz CT molecular complexity index is 996. The van der Waals surface area contributed by atoms with Gasteiger partial charge in [0.15, 0.2) is 18.1 Å². The first-order chi connectivity index (χ1) is 15.5. The van der Waals surface area contributed by atoms with Gasteiger partial charge < -0.3 is 19.1 Å². The number of amides is 2. The monoisotopic (exact) mass is 446 g/mol. The highest BCUT2D eigenvalue weighted by atomic mass is 19.3. The Morgan fingerprint density at radius 3 is 2.72 bits per heavy atom. The van der Waals surface area contributed by atoms with Crippen LogP contribution in [0.4, 0.5) is 14.5 Å². The average molecular weight is 446 g/mol. The molecule has 0 unspecified atom stereocenters. The second-order valence-electron chi connectivity index (χ2n) is 7.58. The number of benzene rings is 2. The zero-order valence-corrected chi connectivity index (χ0v) is 17.6. The number of fused-ring (bicyclic) bond motifs is 1. The highest BCUT2D eigenvalue weighted by Gasteiger charge is 2.35. The lowest BCUT2D eigenvalue weighted by molar-refractivity contribution is -0.133. The van der Waals surface area contributed by atoms with Crippen molar-refractivity contribution in [2.45, 2.75) is 39.0 Å². The molecule has 2 aliphatic rings. The fourth-order valence-corrected chi connectivity index (χ4v) is 3.67. The number of para-hydroxylation sites is 2. The van der Waals surface area contributed by atoms with Crippen LogP contribution in [0, 0.1) is 0 Å². The lowest BCUT2D eigenvalue weighted by atomic mass is 10.1. The molecule has 1 saturated carbocycles. The minimum absolute atomic E-state index is 0.0505. The van der Waals surface area contributed by atoms with Crippen molar-refractivity contribution in [1.29, 1.82) is 0 Å². The van der Waals surface area contributed by atoms with Crippen molar-refractivity contribution in [3.05, 3.63) is 48.0 Å². The van der Waals surface area contributed by atoms with E-state index in [2.05, 4.69) is 4.74 Å². The summed E-state index contributed by atoms with van der Waals surface area (Å²) in [5.74, 6) is 0.244. The van der Waals surface area contributed by atoms with Crippen LogP contribution in [0.2, 0.25) is 0 Å². The van der Waals surface area contributed by atoms with Gasteiger partial charge in [-0.2, -0.15) is 8.78 Å². The molecule has 9 heteroatoms. The molecule has 1 heterocycles. The van der Waals surface area contributed by atoms with Crippen LogP contribution in [0.5, 0.6) is 17.2 Å². The normalized spacial score (nSPS) is 15.2. The molecule has 170 valence electrons. The van der Waals surface area contributed by atoms with Crippen LogP contribution in [-0.2, 0) is 16.1 Å². The number of halogens is 2. The predicted octanol–water partition coefficient (Wildman–Crippen LogP) is 3.60. The van der Waals surface area contributed by atoms with E-state index in [-0.39, 0.29) is 55.7 Å². The molecular formula is C23H24F2N2O5. The zero-order valence-electron chi connectivity index (χ0n) is 17.6. The van der Waals surface area contributed by atoms with Crippen molar-refractivity contribution in [3.8, 4) is 17.2 Å². The van der Waals surface area contributed by atoms with Crippen LogP contribution in [0.25, 0.3) is 0 Å². The molecule has 1 aliphatic carbocycles. The van der Waals surface area contributed by atoms with Gasteiger partial charge in [-0.25, -0.2) is 0 Å². The van der Waals surface area contributed by atoms with E-state index in [1.165, 1.54) is 11.0 Å². The van der Waals surface area contributed by atoms with E-state index < -0.39 is 6.61 Å². The van der Waals surface area contributed by atoms with Gasteiger partial charge in [0, 0.05) is 12.6 Å². The number of carbonyl (C=O) groups excluding carboxylic acids is 2. The third kappa shape index (κ3) is 4.92. The minimum Gasteiger partial charge on any atom is -0.490 e. The summed E-state index contributed by atoms with van der Waals surface area (Å²) >= 11 is 0. The SMILES string of the molecule is CCOc1cc(CN(C(=O)CN2C(=O)COc3ccccc32)C2CC2)ccc1OC(F)F. The maximum atomic E-state index is 13.2. The van der Waals surface area contributed by atoms with E-state index in [1.807, 2.05) is 6.07 Å². The molecule has 0 radical (unpaired) electrons. The predicted molar refractivity (Wildman–Crippen MR) is 112 cm³/mol. The molecular weight excluding hydrogens is 422 g/mol. The first kappa shape index (κ1) is 21.9. The highest BCUT2D eigenvalue weighted by Crippen LogP contribution is 2.34. The van der Waals surface area contributed by atoms with E-state index in [1.54, 1.807) is 42.2 Å². The van der Waals surface area contributed by atoms with E-state index in [9.17, 15) is 18.4 Å². The van der Waals surface area contributed by atoms with Crippen molar-refractivity contribution < 1.29 is 32.6 Å². The van der Waals surface area contributed by atoms with E-state index in [0.717, 1.165) is 18.4 Å². The van der Waals surface area contributed by atoms with Crippen LogP contribution < -0.4 is 19.1 Å². The van der Waals surface area contributed by atoms with Gasteiger partial charge in [0.1, 0.15) is 12.3 Å². The number of alkyl halides is 2. The van der Waals surface area contributed by atoms with E-state index >= 15 is 0 Å². The molecule has 0 bridgehead atoms. The van der Waals surface area contributed by atoms with Crippen molar-refractivity contribution in [2.75, 3.05) is 24.7 Å². The Labute approximate surface area is 184 Å². The number of ether oxygens (including phenoxy) is 3. The van der Waals surface area contributed by atoms with Gasteiger partial charge in [-0.1, -0.05) is 18.2 Å².